The van der Waals surface area contributed by atoms with Crippen molar-refractivity contribution in [3.8, 4) is 0 Å². The molecule has 3 N–H and O–H groups in total. The standard InChI is InChI=1S/C13H10F3N5O2/c1-5-2-6(13(14,15)16)20-9-8-11(17)18-4-19-12(8)21(10(5)9)3-7(22)23/h2,4H,3H2,1H3,(H,22,23)(H2,17,18,19). The molecule has 0 aliphatic carbocycles. The van der Waals surface area contributed by atoms with E-state index in [9.17, 15) is 18.0 Å². The van der Waals surface area contributed by atoms with E-state index in [0.29, 0.717) is 0 Å². The second kappa shape index (κ2) is 4.80. The van der Waals surface area contributed by atoms with Crippen molar-refractivity contribution in [1.29, 1.82) is 0 Å². The molecule has 3 heterocycles. The predicted molar refractivity (Wildman–Crippen MR) is 74.6 cm³/mol. The first-order chi connectivity index (χ1) is 10.7. The topological polar surface area (TPSA) is 107 Å². The van der Waals surface area contributed by atoms with Crippen LogP contribution in [0.2, 0.25) is 0 Å². The van der Waals surface area contributed by atoms with E-state index in [-0.39, 0.29) is 33.4 Å². The molecule has 3 rings (SSSR count). The van der Waals surface area contributed by atoms with Crippen LogP contribution in [0.25, 0.3) is 22.1 Å². The van der Waals surface area contributed by atoms with Crippen LogP contribution in [0.1, 0.15) is 11.3 Å². The van der Waals surface area contributed by atoms with E-state index in [0.717, 1.165) is 12.4 Å². The maximum Gasteiger partial charge on any atom is 0.433 e. The first kappa shape index (κ1) is 15.0. The second-order valence-electron chi connectivity index (χ2n) is 4.96. The van der Waals surface area contributed by atoms with E-state index in [1.165, 1.54) is 11.5 Å². The average molecular weight is 325 g/mol. The van der Waals surface area contributed by atoms with Crippen molar-refractivity contribution >= 4 is 33.9 Å². The number of nitrogens with zero attached hydrogens (tertiary/aromatic N) is 4. The smallest absolute Gasteiger partial charge is 0.433 e. The predicted octanol–water partition coefficient (Wildman–Crippen LogP) is 1.97. The monoisotopic (exact) mass is 325 g/mol. The molecule has 10 heteroatoms. The number of anilines is 1. The maximum absolute atomic E-state index is 13.0. The lowest BCUT2D eigenvalue weighted by molar-refractivity contribution is -0.141. The van der Waals surface area contributed by atoms with E-state index in [4.69, 9.17) is 10.8 Å². The van der Waals surface area contributed by atoms with Crippen molar-refractivity contribution in [3.63, 3.8) is 0 Å². The number of carboxylic acids is 1. The molecule has 0 saturated carbocycles. The van der Waals surface area contributed by atoms with Crippen molar-refractivity contribution in [2.75, 3.05) is 5.73 Å². The van der Waals surface area contributed by atoms with Crippen LogP contribution < -0.4 is 5.73 Å². The molecule has 0 spiro atoms. The summed E-state index contributed by atoms with van der Waals surface area (Å²) in [4.78, 5) is 22.4. The Balaban J connectivity index is 2.51. The summed E-state index contributed by atoms with van der Waals surface area (Å²) in [5.41, 5.74) is 5.19. The highest BCUT2D eigenvalue weighted by atomic mass is 19.4. The molecule has 0 aromatic carbocycles. The number of fused-ring (bicyclic) bond motifs is 3. The highest BCUT2D eigenvalue weighted by molar-refractivity contribution is 6.10. The number of hydrogen-bond acceptors (Lipinski definition) is 5. The summed E-state index contributed by atoms with van der Waals surface area (Å²) in [6.07, 6.45) is -3.51. The number of carboxylic acid groups (broad SMARTS) is 1. The van der Waals surface area contributed by atoms with Crippen LogP contribution in [0.4, 0.5) is 19.0 Å². The minimum atomic E-state index is -4.63. The first-order valence-electron chi connectivity index (χ1n) is 6.39. The number of halogens is 3. The first-order valence-corrected chi connectivity index (χ1v) is 6.39. The lowest BCUT2D eigenvalue weighted by atomic mass is 10.2. The SMILES string of the molecule is Cc1cc(C(F)(F)F)nc2c3c(N)ncnc3n(CC(=O)O)c12. The lowest BCUT2D eigenvalue weighted by Gasteiger charge is -2.09. The number of nitrogens with two attached hydrogens (primary N) is 1. The Bertz CT molecular complexity index is 948. The molecule has 0 aliphatic rings. The minimum absolute atomic E-state index is 0.0598. The summed E-state index contributed by atoms with van der Waals surface area (Å²) in [6, 6.07) is 0.864. The molecule has 23 heavy (non-hydrogen) atoms. The van der Waals surface area contributed by atoms with Crippen molar-refractivity contribution in [1.82, 2.24) is 19.5 Å². The van der Waals surface area contributed by atoms with Gasteiger partial charge in [-0.2, -0.15) is 13.2 Å². The van der Waals surface area contributed by atoms with E-state index >= 15 is 0 Å². The highest BCUT2D eigenvalue weighted by Gasteiger charge is 2.34. The summed E-state index contributed by atoms with van der Waals surface area (Å²) in [5, 5.41) is 9.16. The summed E-state index contributed by atoms with van der Waals surface area (Å²) in [6.45, 7) is 0.963. The van der Waals surface area contributed by atoms with Crippen LogP contribution in [0.15, 0.2) is 12.4 Å². The molecule has 0 saturated heterocycles. The Morgan fingerprint density at radius 1 is 1.39 bits per heavy atom. The van der Waals surface area contributed by atoms with Gasteiger partial charge in [0.1, 0.15) is 35.5 Å². The van der Waals surface area contributed by atoms with Crippen molar-refractivity contribution in [3.05, 3.63) is 23.7 Å². The number of hydrogen-bond donors (Lipinski definition) is 2. The normalized spacial score (nSPS) is 12.2. The Morgan fingerprint density at radius 3 is 2.70 bits per heavy atom. The third-order valence-corrected chi connectivity index (χ3v) is 3.39. The highest BCUT2D eigenvalue weighted by Crippen LogP contribution is 2.35. The number of nitrogen functional groups attached to an aromatic ring is 1. The fourth-order valence-electron chi connectivity index (χ4n) is 2.54. The molecular weight excluding hydrogens is 315 g/mol. The number of rotatable bonds is 2. The van der Waals surface area contributed by atoms with Crippen LogP contribution in [0, 0.1) is 6.92 Å². The molecule has 0 radical (unpaired) electrons. The average Bonchev–Trinajstić information content (AvgIpc) is 2.73. The van der Waals surface area contributed by atoms with Gasteiger partial charge in [0, 0.05) is 0 Å². The van der Waals surface area contributed by atoms with Crippen LogP contribution >= 0.6 is 0 Å². The van der Waals surface area contributed by atoms with Crippen molar-refractivity contribution in [2.24, 2.45) is 0 Å². The van der Waals surface area contributed by atoms with E-state index in [2.05, 4.69) is 15.0 Å². The summed E-state index contributed by atoms with van der Waals surface area (Å²) in [7, 11) is 0. The van der Waals surface area contributed by atoms with Gasteiger partial charge in [-0.25, -0.2) is 15.0 Å². The molecule has 0 amide bonds. The van der Waals surface area contributed by atoms with Crippen LogP contribution in [0.5, 0.6) is 0 Å². The fourth-order valence-corrected chi connectivity index (χ4v) is 2.54. The molecule has 120 valence electrons. The number of aromatic nitrogens is 4. The van der Waals surface area contributed by atoms with Gasteiger partial charge >= 0.3 is 12.1 Å². The summed E-state index contributed by atoms with van der Waals surface area (Å²) < 4.78 is 40.2. The van der Waals surface area contributed by atoms with E-state index < -0.39 is 24.4 Å². The Morgan fingerprint density at radius 2 is 2.09 bits per heavy atom. The van der Waals surface area contributed by atoms with E-state index in [1.54, 1.807) is 0 Å². The zero-order chi connectivity index (χ0) is 16.9. The third-order valence-electron chi connectivity index (χ3n) is 3.39. The zero-order valence-corrected chi connectivity index (χ0v) is 11.7. The summed E-state index contributed by atoms with van der Waals surface area (Å²) in [5.74, 6) is -1.23. The minimum Gasteiger partial charge on any atom is -0.480 e. The van der Waals surface area contributed by atoms with Gasteiger partial charge in [-0.15, -0.1) is 0 Å². The largest absolute Gasteiger partial charge is 0.480 e. The second-order valence-corrected chi connectivity index (χ2v) is 4.96. The van der Waals surface area contributed by atoms with Crippen molar-refractivity contribution < 1.29 is 23.1 Å². The van der Waals surface area contributed by atoms with Crippen LogP contribution in [0.3, 0.4) is 0 Å². The van der Waals surface area contributed by atoms with Gasteiger partial charge in [-0.1, -0.05) is 0 Å². The molecule has 0 fully saturated rings. The van der Waals surface area contributed by atoms with Gasteiger partial charge in [0.2, 0.25) is 0 Å². The van der Waals surface area contributed by atoms with Gasteiger partial charge in [0.15, 0.2) is 0 Å². The van der Waals surface area contributed by atoms with Crippen LogP contribution in [-0.4, -0.2) is 30.6 Å². The summed E-state index contributed by atoms with van der Waals surface area (Å²) >= 11 is 0. The molecule has 7 nitrogen and oxygen atoms in total. The van der Waals surface area contributed by atoms with Gasteiger partial charge in [-0.05, 0) is 18.6 Å². The number of pyridine rings is 1. The van der Waals surface area contributed by atoms with Crippen molar-refractivity contribution in [2.45, 2.75) is 19.6 Å². The molecule has 0 bridgehead atoms. The molecule has 3 aromatic rings. The van der Waals surface area contributed by atoms with Gasteiger partial charge in [0.05, 0.1) is 10.9 Å². The third kappa shape index (κ3) is 2.31. The van der Waals surface area contributed by atoms with Gasteiger partial charge in [0.25, 0.3) is 0 Å². The molecule has 0 unspecified atom stereocenters. The maximum atomic E-state index is 13.0. The quantitative estimate of drug-likeness (QED) is 0.746. The number of carbonyl (C=O) groups is 1. The fraction of sp³-hybridized carbons (Fsp3) is 0.231. The van der Waals surface area contributed by atoms with E-state index in [1.807, 2.05) is 0 Å². The van der Waals surface area contributed by atoms with Crippen LogP contribution in [-0.2, 0) is 17.5 Å². The van der Waals surface area contributed by atoms with Gasteiger partial charge < -0.3 is 15.4 Å². The molecule has 3 aromatic heterocycles. The molecule has 0 atom stereocenters. The number of aryl methyl sites for hydroxylation is 1. The lowest BCUT2D eigenvalue weighted by Crippen LogP contribution is -2.11. The number of alkyl halides is 3. The van der Waals surface area contributed by atoms with Gasteiger partial charge in [-0.3, -0.25) is 4.79 Å². The zero-order valence-electron chi connectivity index (χ0n) is 11.7. The Labute approximate surface area is 126 Å². The number of aliphatic carboxylic acids is 1. The Kier molecular flexibility index (Phi) is 3.13. The molecular formula is C13H10F3N5O2. The molecule has 0 aliphatic heterocycles. The Hall–Kier alpha value is -2.91.